The number of nitrogens with zero attached hydrogens (tertiary/aromatic N) is 1. The van der Waals surface area contributed by atoms with Gasteiger partial charge in [-0.25, -0.2) is 4.79 Å². The monoisotopic (exact) mass is 474 g/mol. The predicted octanol–water partition coefficient (Wildman–Crippen LogP) is 4.68. The molecule has 3 aromatic rings. The number of carboxylic acid groups (broad SMARTS) is 1. The number of Topliss-reactive ketones (excluding diaryl/α,β-unsaturated/α-hetero) is 1. The first-order chi connectivity index (χ1) is 16.1. The number of rotatable bonds is 5. The number of allylic oxidation sites excluding steroid dienone is 2. The van der Waals surface area contributed by atoms with Gasteiger partial charge in [0.2, 0.25) is 5.78 Å². The maximum absolute atomic E-state index is 13.3. The number of carbonyl (C=O) groups excluding carboxylic acids is 1. The summed E-state index contributed by atoms with van der Waals surface area (Å²) in [6.07, 6.45) is 1.38. The third kappa shape index (κ3) is 4.40. The summed E-state index contributed by atoms with van der Waals surface area (Å²) in [6.45, 7) is 5.46. The number of nitrogens with one attached hydrogen (secondary N) is 1. The maximum atomic E-state index is 13.3. The van der Waals surface area contributed by atoms with Gasteiger partial charge in [0.25, 0.3) is 10.0 Å². The van der Waals surface area contributed by atoms with Crippen LogP contribution in [0.5, 0.6) is 0 Å². The van der Waals surface area contributed by atoms with Crippen molar-refractivity contribution in [3.8, 4) is 0 Å². The molecule has 8 heteroatoms. The minimum absolute atomic E-state index is 0.0518. The van der Waals surface area contributed by atoms with Crippen LogP contribution in [0.4, 0.5) is 5.69 Å². The fraction of sp³-hybridized carbons (Fsp3) is 0.115. The Hall–Kier alpha value is -4.04. The average Bonchev–Trinajstić information content (AvgIpc) is 2.79. The number of carboxylic acids is 1. The van der Waals surface area contributed by atoms with Gasteiger partial charge in [-0.2, -0.15) is 12.8 Å². The number of carbonyl (C=O) groups is 2. The lowest BCUT2D eigenvalue weighted by Crippen LogP contribution is -2.22. The normalized spacial score (nSPS) is 14.5. The van der Waals surface area contributed by atoms with Crippen LogP contribution < -0.4 is 5.32 Å². The van der Waals surface area contributed by atoms with Crippen molar-refractivity contribution < 1.29 is 23.1 Å². The molecule has 0 saturated heterocycles. The van der Waals surface area contributed by atoms with E-state index in [0.29, 0.717) is 22.4 Å². The number of ketones is 1. The van der Waals surface area contributed by atoms with E-state index in [9.17, 15) is 23.1 Å². The second-order valence-electron chi connectivity index (χ2n) is 8.10. The van der Waals surface area contributed by atoms with Gasteiger partial charge in [-0.05, 0) is 67.8 Å². The van der Waals surface area contributed by atoms with E-state index >= 15 is 0 Å². The molecule has 4 rings (SSSR count). The molecule has 172 valence electrons. The standard InChI is InChI=1S/C26H22N2O5S/c1-15-11-17(3)24(12-16(15)2)34(32,33)28-22-14-23(25(29)21-10-5-4-9-20(21)22)27-19-8-6-7-18(13-19)26(30)31/h4-14,27H,1-3H3,(H,30,31). The first-order valence-electron chi connectivity index (χ1n) is 10.5. The Morgan fingerprint density at radius 1 is 0.882 bits per heavy atom. The van der Waals surface area contributed by atoms with E-state index in [-0.39, 0.29) is 27.7 Å². The fourth-order valence-electron chi connectivity index (χ4n) is 3.77. The Morgan fingerprint density at radius 3 is 2.26 bits per heavy atom. The number of anilines is 1. The van der Waals surface area contributed by atoms with E-state index in [4.69, 9.17) is 0 Å². The molecule has 1 aliphatic carbocycles. The molecular weight excluding hydrogens is 452 g/mol. The number of sulfonamides is 1. The zero-order valence-corrected chi connectivity index (χ0v) is 19.6. The van der Waals surface area contributed by atoms with Crippen LogP contribution in [-0.2, 0) is 10.0 Å². The van der Waals surface area contributed by atoms with Crippen molar-refractivity contribution in [2.45, 2.75) is 25.7 Å². The molecule has 0 aromatic heterocycles. The van der Waals surface area contributed by atoms with E-state index in [1.165, 1.54) is 18.2 Å². The number of aryl methyl sites for hydroxylation is 3. The van der Waals surface area contributed by atoms with Gasteiger partial charge in [0.15, 0.2) is 0 Å². The number of hydrogen-bond donors (Lipinski definition) is 2. The molecule has 0 saturated carbocycles. The molecule has 34 heavy (non-hydrogen) atoms. The molecule has 2 N–H and O–H groups in total. The van der Waals surface area contributed by atoms with Crippen molar-refractivity contribution in [3.05, 3.63) is 106 Å². The van der Waals surface area contributed by atoms with Gasteiger partial charge in [-0.15, -0.1) is 0 Å². The first kappa shape index (κ1) is 23.1. The minimum Gasteiger partial charge on any atom is -0.478 e. The van der Waals surface area contributed by atoms with E-state index in [1.807, 2.05) is 13.8 Å². The molecule has 0 bridgehead atoms. The molecule has 0 aliphatic heterocycles. The van der Waals surface area contributed by atoms with Gasteiger partial charge >= 0.3 is 5.97 Å². The molecule has 0 unspecified atom stereocenters. The van der Waals surface area contributed by atoms with Gasteiger partial charge in [0.1, 0.15) is 0 Å². The molecule has 1 aliphatic rings. The van der Waals surface area contributed by atoms with E-state index in [0.717, 1.165) is 11.1 Å². The molecule has 0 radical (unpaired) electrons. The van der Waals surface area contributed by atoms with Crippen molar-refractivity contribution in [2.75, 3.05) is 5.32 Å². The van der Waals surface area contributed by atoms with E-state index in [1.54, 1.807) is 55.5 Å². The van der Waals surface area contributed by atoms with Crippen LogP contribution in [0.1, 0.15) is 43.0 Å². The highest BCUT2D eigenvalue weighted by Gasteiger charge is 2.27. The Labute approximate surface area is 197 Å². The summed E-state index contributed by atoms with van der Waals surface area (Å²) in [6, 6.07) is 16.0. The number of aromatic carboxylic acids is 1. The zero-order valence-electron chi connectivity index (χ0n) is 18.8. The minimum atomic E-state index is -4.08. The highest BCUT2D eigenvalue weighted by molar-refractivity contribution is 7.90. The SMILES string of the molecule is Cc1cc(C)c(S(=O)(=O)N=C2C=C(Nc3cccc(C(=O)O)c3)C(=O)c3ccccc32)cc1C. The van der Waals surface area contributed by atoms with Crippen LogP contribution in [0.3, 0.4) is 0 Å². The predicted molar refractivity (Wildman–Crippen MR) is 130 cm³/mol. The van der Waals surface area contributed by atoms with E-state index in [2.05, 4.69) is 9.71 Å². The quantitative estimate of drug-likeness (QED) is 0.555. The van der Waals surface area contributed by atoms with E-state index < -0.39 is 16.0 Å². The third-order valence-electron chi connectivity index (χ3n) is 5.65. The Morgan fingerprint density at radius 2 is 1.56 bits per heavy atom. The Bertz CT molecular complexity index is 1520. The lowest BCUT2D eigenvalue weighted by molar-refractivity contribution is 0.0696. The van der Waals surface area contributed by atoms with Crippen LogP contribution in [0, 0.1) is 20.8 Å². The van der Waals surface area contributed by atoms with Crippen molar-refractivity contribution in [1.82, 2.24) is 0 Å². The van der Waals surface area contributed by atoms with Gasteiger partial charge < -0.3 is 10.4 Å². The van der Waals surface area contributed by atoms with Crippen LogP contribution in [0.25, 0.3) is 0 Å². The molecule has 7 nitrogen and oxygen atoms in total. The summed E-state index contributed by atoms with van der Waals surface area (Å²) >= 11 is 0. The molecular formula is C26H22N2O5S. The summed E-state index contributed by atoms with van der Waals surface area (Å²) in [5, 5.41) is 12.2. The lowest BCUT2D eigenvalue weighted by atomic mass is 9.92. The molecule has 0 amide bonds. The third-order valence-corrected chi connectivity index (χ3v) is 7.08. The molecule has 0 spiro atoms. The van der Waals surface area contributed by atoms with Crippen LogP contribution in [-0.4, -0.2) is 31.0 Å². The zero-order chi connectivity index (χ0) is 24.6. The molecule has 0 fully saturated rings. The number of benzene rings is 3. The molecule has 0 heterocycles. The summed E-state index contributed by atoms with van der Waals surface area (Å²) in [7, 11) is -4.08. The van der Waals surface area contributed by atoms with Gasteiger partial charge in [-0.3, -0.25) is 4.79 Å². The number of hydrogen-bond acceptors (Lipinski definition) is 5. The maximum Gasteiger partial charge on any atom is 0.335 e. The number of fused-ring (bicyclic) bond motifs is 1. The van der Waals surface area contributed by atoms with Gasteiger partial charge in [-0.1, -0.05) is 36.4 Å². The summed E-state index contributed by atoms with van der Waals surface area (Å²) in [5.41, 5.74) is 3.74. The summed E-state index contributed by atoms with van der Waals surface area (Å²) in [4.78, 5) is 24.5. The highest BCUT2D eigenvalue weighted by atomic mass is 32.2. The van der Waals surface area contributed by atoms with Gasteiger partial charge in [0.05, 0.1) is 21.9 Å². The lowest BCUT2D eigenvalue weighted by Gasteiger charge is -2.19. The van der Waals surface area contributed by atoms with Crippen molar-refractivity contribution in [1.29, 1.82) is 0 Å². The second-order valence-corrected chi connectivity index (χ2v) is 9.67. The molecule has 0 atom stereocenters. The van der Waals surface area contributed by atoms with Crippen LogP contribution >= 0.6 is 0 Å². The average molecular weight is 475 g/mol. The Kier molecular flexibility index (Phi) is 5.93. The molecule has 3 aromatic carbocycles. The first-order valence-corrected chi connectivity index (χ1v) is 11.9. The van der Waals surface area contributed by atoms with Crippen LogP contribution in [0.2, 0.25) is 0 Å². The second kappa shape index (κ2) is 8.72. The van der Waals surface area contributed by atoms with Crippen LogP contribution in [0.15, 0.2) is 81.7 Å². The van der Waals surface area contributed by atoms with Crippen molar-refractivity contribution in [3.63, 3.8) is 0 Å². The van der Waals surface area contributed by atoms with Gasteiger partial charge in [0, 0.05) is 16.8 Å². The van der Waals surface area contributed by atoms with Crippen molar-refractivity contribution in [2.24, 2.45) is 4.40 Å². The summed E-state index contributed by atoms with van der Waals surface area (Å²) in [5.74, 6) is -1.45. The fourth-order valence-corrected chi connectivity index (χ4v) is 5.07. The topological polar surface area (TPSA) is 113 Å². The highest BCUT2D eigenvalue weighted by Crippen LogP contribution is 2.27. The largest absolute Gasteiger partial charge is 0.478 e. The summed E-state index contributed by atoms with van der Waals surface area (Å²) < 4.78 is 30.7. The smallest absolute Gasteiger partial charge is 0.335 e. The Balaban J connectivity index is 1.83. The van der Waals surface area contributed by atoms with Crippen molar-refractivity contribution >= 4 is 33.2 Å².